The maximum atomic E-state index is 10.9. The molecule has 0 bridgehead atoms. The molecule has 1 aromatic carbocycles. The molecule has 1 aliphatic rings. The van der Waals surface area contributed by atoms with Crippen molar-refractivity contribution in [1.29, 1.82) is 0 Å². The van der Waals surface area contributed by atoms with Gasteiger partial charge in [0.2, 0.25) is 0 Å². The van der Waals surface area contributed by atoms with Crippen LogP contribution in [0.5, 0.6) is 0 Å². The topological polar surface area (TPSA) is 55.1 Å². The van der Waals surface area contributed by atoms with Gasteiger partial charge in [-0.25, -0.2) is 4.98 Å². The Morgan fingerprint density at radius 1 is 1.39 bits per heavy atom. The molecule has 1 fully saturated rings. The van der Waals surface area contributed by atoms with Crippen molar-refractivity contribution in [3.8, 4) is 0 Å². The molecule has 1 N–H and O–H groups in total. The maximum Gasteiger partial charge on any atom is 0.307 e. The van der Waals surface area contributed by atoms with Crippen LogP contribution in [0.25, 0.3) is 0 Å². The Morgan fingerprint density at radius 3 is 2.83 bits per heavy atom. The molecule has 0 amide bonds. The zero-order valence-corrected chi connectivity index (χ0v) is 9.86. The maximum absolute atomic E-state index is 10.9. The number of nitrogens with zero attached hydrogens (tertiary/aromatic N) is 2. The number of benzene rings is 1. The van der Waals surface area contributed by atoms with E-state index in [0.29, 0.717) is 6.42 Å². The van der Waals surface area contributed by atoms with Crippen molar-refractivity contribution in [3.63, 3.8) is 0 Å². The molecule has 4 nitrogen and oxygen atoms in total. The van der Waals surface area contributed by atoms with Crippen molar-refractivity contribution in [1.82, 2.24) is 9.55 Å². The Hall–Kier alpha value is -2.10. The quantitative estimate of drug-likeness (QED) is 0.893. The number of carboxylic acids is 1. The van der Waals surface area contributed by atoms with Crippen LogP contribution in [-0.4, -0.2) is 20.6 Å². The van der Waals surface area contributed by atoms with Gasteiger partial charge in [-0.1, -0.05) is 30.3 Å². The van der Waals surface area contributed by atoms with Crippen molar-refractivity contribution >= 4 is 5.97 Å². The van der Waals surface area contributed by atoms with E-state index >= 15 is 0 Å². The molecule has 3 rings (SSSR count). The monoisotopic (exact) mass is 242 g/mol. The van der Waals surface area contributed by atoms with Gasteiger partial charge in [0.1, 0.15) is 5.82 Å². The summed E-state index contributed by atoms with van der Waals surface area (Å²) in [5, 5.41) is 8.97. The molecular weight excluding hydrogens is 228 g/mol. The van der Waals surface area contributed by atoms with Crippen LogP contribution in [0.15, 0.2) is 42.7 Å². The largest absolute Gasteiger partial charge is 0.481 e. The fraction of sp³-hybridized carbons (Fsp3) is 0.286. The van der Waals surface area contributed by atoms with E-state index in [-0.39, 0.29) is 11.8 Å². The first-order valence-electron chi connectivity index (χ1n) is 6.03. The van der Waals surface area contributed by atoms with E-state index in [1.807, 2.05) is 29.0 Å². The fourth-order valence-electron chi connectivity index (χ4n) is 2.32. The number of aromatic nitrogens is 2. The number of hydrogen-bond acceptors (Lipinski definition) is 2. The summed E-state index contributed by atoms with van der Waals surface area (Å²) in [4.78, 5) is 15.2. The minimum atomic E-state index is -0.714. The SMILES string of the molecule is O=C(O)[C@@H]1C[C@H]1c1nccn1Cc1ccccc1. The Kier molecular flexibility index (Phi) is 2.63. The first-order chi connectivity index (χ1) is 8.75. The van der Waals surface area contributed by atoms with E-state index in [0.717, 1.165) is 12.4 Å². The van der Waals surface area contributed by atoms with Gasteiger partial charge < -0.3 is 9.67 Å². The first kappa shape index (κ1) is 11.0. The Balaban J connectivity index is 1.79. The molecule has 2 aromatic rings. The van der Waals surface area contributed by atoms with Crippen LogP contribution < -0.4 is 0 Å². The van der Waals surface area contributed by atoms with Crippen LogP contribution in [0, 0.1) is 5.92 Å². The summed E-state index contributed by atoms with van der Waals surface area (Å²) >= 11 is 0. The highest BCUT2D eigenvalue weighted by atomic mass is 16.4. The fourth-order valence-corrected chi connectivity index (χ4v) is 2.32. The van der Waals surface area contributed by atoms with Crippen LogP contribution in [0.4, 0.5) is 0 Å². The van der Waals surface area contributed by atoms with Crippen LogP contribution in [0.3, 0.4) is 0 Å². The Bertz CT molecular complexity index is 562. The first-order valence-corrected chi connectivity index (χ1v) is 6.03. The van der Waals surface area contributed by atoms with Gasteiger partial charge in [0.25, 0.3) is 0 Å². The molecule has 4 heteroatoms. The summed E-state index contributed by atoms with van der Waals surface area (Å²) in [7, 11) is 0. The smallest absolute Gasteiger partial charge is 0.307 e. The summed E-state index contributed by atoms with van der Waals surface area (Å²) in [6, 6.07) is 10.1. The van der Waals surface area contributed by atoms with Crippen molar-refractivity contribution in [2.24, 2.45) is 5.92 Å². The van der Waals surface area contributed by atoms with E-state index in [4.69, 9.17) is 5.11 Å². The summed E-state index contributed by atoms with van der Waals surface area (Å²) in [6.07, 6.45) is 4.37. The molecule has 1 aromatic heterocycles. The normalized spacial score (nSPS) is 21.8. The summed E-state index contributed by atoms with van der Waals surface area (Å²) in [5.74, 6) is 0.0173. The zero-order chi connectivity index (χ0) is 12.5. The summed E-state index contributed by atoms with van der Waals surface area (Å²) in [6.45, 7) is 0.749. The lowest BCUT2D eigenvalue weighted by atomic mass is 10.2. The van der Waals surface area contributed by atoms with Gasteiger partial charge in [-0.15, -0.1) is 0 Å². The van der Waals surface area contributed by atoms with Gasteiger partial charge in [-0.05, 0) is 12.0 Å². The third-order valence-corrected chi connectivity index (χ3v) is 3.38. The van der Waals surface area contributed by atoms with E-state index in [1.54, 1.807) is 6.20 Å². The Labute approximate surface area is 105 Å². The van der Waals surface area contributed by atoms with E-state index < -0.39 is 5.97 Å². The predicted molar refractivity (Wildman–Crippen MR) is 66.3 cm³/mol. The standard InChI is InChI=1S/C14H14N2O2/c17-14(18)12-8-11(12)13-15-6-7-16(13)9-10-4-2-1-3-5-10/h1-7,11-12H,8-9H2,(H,17,18)/t11-,12-/m1/s1. The van der Waals surface area contributed by atoms with E-state index in [9.17, 15) is 4.79 Å². The highest BCUT2D eigenvalue weighted by Crippen LogP contribution is 2.46. The van der Waals surface area contributed by atoms with Gasteiger partial charge >= 0.3 is 5.97 Å². The Morgan fingerprint density at radius 2 is 2.17 bits per heavy atom. The minimum Gasteiger partial charge on any atom is -0.481 e. The lowest BCUT2D eigenvalue weighted by Crippen LogP contribution is -2.06. The van der Waals surface area contributed by atoms with Crippen LogP contribution in [0.1, 0.15) is 23.7 Å². The number of carbonyl (C=O) groups is 1. The third kappa shape index (κ3) is 2.01. The van der Waals surface area contributed by atoms with Crippen molar-refractivity contribution < 1.29 is 9.90 Å². The van der Waals surface area contributed by atoms with Crippen molar-refractivity contribution in [2.45, 2.75) is 18.9 Å². The molecule has 0 spiro atoms. The average molecular weight is 242 g/mol. The lowest BCUT2D eigenvalue weighted by Gasteiger charge is -2.07. The zero-order valence-electron chi connectivity index (χ0n) is 9.86. The number of hydrogen-bond donors (Lipinski definition) is 1. The highest BCUT2D eigenvalue weighted by Gasteiger charge is 2.46. The average Bonchev–Trinajstić information content (AvgIpc) is 3.05. The number of carboxylic acid groups (broad SMARTS) is 1. The molecule has 1 saturated carbocycles. The molecular formula is C14H14N2O2. The molecule has 0 radical (unpaired) electrons. The minimum absolute atomic E-state index is 0.0845. The number of imidazole rings is 1. The highest BCUT2D eigenvalue weighted by molar-refractivity contribution is 5.74. The summed E-state index contributed by atoms with van der Waals surface area (Å²) < 4.78 is 2.04. The molecule has 2 atom stereocenters. The molecule has 1 aliphatic carbocycles. The van der Waals surface area contributed by atoms with Crippen molar-refractivity contribution in [3.05, 3.63) is 54.1 Å². The second-order valence-electron chi connectivity index (χ2n) is 4.69. The summed E-state index contributed by atoms with van der Waals surface area (Å²) in [5.41, 5.74) is 1.20. The van der Waals surface area contributed by atoms with Gasteiger partial charge in [-0.2, -0.15) is 0 Å². The van der Waals surface area contributed by atoms with Gasteiger partial charge in [-0.3, -0.25) is 4.79 Å². The van der Waals surface area contributed by atoms with Crippen LogP contribution in [0.2, 0.25) is 0 Å². The molecule has 0 unspecified atom stereocenters. The van der Waals surface area contributed by atoms with E-state index in [2.05, 4.69) is 17.1 Å². The molecule has 92 valence electrons. The second-order valence-corrected chi connectivity index (χ2v) is 4.69. The molecule has 0 saturated heterocycles. The van der Waals surface area contributed by atoms with Crippen LogP contribution >= 0.6 is 0 Å². The van der Waals surface area contributed by atoms with E-state index in [1.165, 1.54) is 5.56 Å². The van der Waals surface area contributed by atoms with Crippen molar-refractivity contribution in [2.75, 3.05) is 0 Å². The molecule has 0 aliphatic heterocycles. The van der Waals surface area contributed by atoms with Crippen LogP contribution in [-0.2, 0) is 11.3 Å². The molecule has 1 heterocycles. The number of aliphatic carboxylic acids is 1. The third-order valence-electron chi connectivity index (χ3n) is 3.38. The lowest BCUT2D eigenvalue weighted by molar-refractivity contribution is -0.138. The van der Waals surface area contributed by atoms with Gasteiger partial charge in [0.15, 0.2) is 0 Å². The molecule has 18 heavy (non-hydrogen) atoms. The van der Waals surface area contributed by atoms with Gasteiger partial charge in [0, 0.05) is 24.9 Å². The predicted octanol–water partition coefficient (Wildman–Crippen LogP) is 2.12. The number of rotatable bonds is 4. The van der Waals surface area contributed by atoms with Gasteiger partial charge in [0.05, 0.1) is 5.92 Å². The second kappa shape index (κ2) is 4.29.